The molecule has 0 amide bonds. The van der Waals surface area contributed by atoms with Crippen molar-refractivity contribution in [3.63, 3.8) is 0 Å². The Morgan fingerprint density at radius 3 is 2.13 bits per heavy atom. The molecule has 4 aromatic rings. The van der Waals surface area contributed by atoms with Crippen molar-refractivity contribution in [3.8, 4) is 28.3 Å². The monoisotopic (exact) mass is 464 g/mol. The van der Waals surface area contributed by atoms with Crippen LogP contribution in [0.2, 0.25) is 5.02 Å². The zero-order chi connectivity index (χ0) is 21.8. The Balaban J connectivity index is 1.84. The Labute approximate surface area is 190 Å². The summed E-state index contributed by atoms with van der Waals surface area (Å²) in [6, 6.07) is 27.4. The van der Waals surface area contributed by atoms with Gasteiger partial charge in [0, 0.05) is 33.1 Å². The second-order valence-corrected chi connectivity index (χ2v) is 9.98. The Kier molecular flexibility index (Phi) is 6.21. The van der Waals surface area contributed by atoms with Crippen LogP contribution in [-0.4, -0.2) is 8.42 Å². The number of nitrogens with one attached hydrogen (secondary N) is 1. The fourth-order valence-corrected chi connectivity index (χ4v) is 5.77. The first kappa shape index (κ1) is 21.3. The number of hydrogen-bond donors (Lipinski definition) is 1. The van der Waals surface area contributed by atoms with E-state index in [2.05, 4.69) is 10.8 Å². The predicted molar refractivity (Wildman–Crippen MR) is 125 cm³/mol. The van der Waals surface area contributed by atoms with Crippen molar-refractivity contribution in [2.45, 2.75) is 11.4 Å². The van der Waals surface area contributed by atoms with E-state index in [0.717, 1.165) is 27.1 Å². The first-order valence-corrected chi connectivity index (χ1v) is 12.1. The average molecular weight is 465 g/mol. The Hall–Kier alpha value is -2.95. The topological polar surface area (TPSA) is 70.0 Å². The van der Waals surface area contributed by atoms with Crippen LogP contribution in [0.1, 0.15) is 9.75 Å². The number of halogens is 1. The van der Waals surface area contributed by atoms with Gasteiger partial charge in [-0.3, -0.25) is 0 Å². The highest BCUT2D eigenvalue weighted by atomic mass is 35.5. The van der Waals surface area contributed by atoms with Gasteiger partial charge in [0.05, 0.1) is 4.90 Å². The zero-order valence-electron chi connectivity index (χ0n) is 16.2. The first-order chi connectivity index (χ1) is 15.0. The minimum atomic E-state index is -3.69. The standard InChI is InChI=1S/C24H17ClN2O2S2/c25-20-14-8-7-13-19(20)24-21(15-26)30-22(23(24)17-9-3-1-4-10-17)16-27-31(28,29)18-11-5-2-6-12-18/h1-14,27H,16H2. The van der Waals surface area contributed by atoms with Gasteiger partial charge in [-0.15, -0.1) is 11.3 Å². The van der Waals surface area contributed by atoms with Gasteiger partial charge < -0.3 is 0 Å². The van der Waals surface area contributed by atoms with Crippen LogP contribution in [0, 0.1) is 11.3 Å². The van der Waals surface area contributed by atoms with Crippen molar-refractivity contribution < 1.29 is 8.42 Å². The van der Waals surface area contributed by atoms with Gasteiger partial charge in [0.1, 0.15) is 10.9 Å². The SMILES string of the molecule is N#Cc1sc(CNS(=O)(=O)c2ccccc2)c(-c2ccccc2)c1-c1ccccc1Cl. The van der Waals surface area contributed by atoms with Gasteiger partial charge in [-0.05, 0) is 23.8 Å². The molecule has 0 radical (unpaired) electrons. The lowest BCUT2D eigenvalue weighted by molar-refractivity contribution is 0.582. The van der Waals surface area contributed by atoms with Crippen LogP contribution in [0.3, 0.4) is 0 Å². The molecule has 0 spiro atoms. The van der Waals surface area contributed by atoms with Gasteiger partial charge in [-0.1, -0.05) is 78.3 Å². The van der Waals surface area contributed by atoms with Crippen LogP contribution < -0.4 is 4.72 Å². The van der Waals surface area contributed by atoms with Crippen LogP contribution in [-0.2, 0) is 16.6 Å². The lowest BCUT2D eigenvalue weighted by Crippen LogP contribution is -2.23. The molecule has 1 heterocycles. The average Bonchev–Trinajstić information content (AvgIpc) is 3.18. The molecule has 0 atom stereocenters. The van der Waals surface area contributed by atoms with E-state index in [0.29, 0.717) is 9.90 Å². The van der Waals surface area contributed by atoms with Crippen LogP contribution in [0.5, 0.6) is 0 Å². The lowest BCUT2D eigenvalue weighted by atomic mass is 9.95. The summed E-state index contributed by atoms with van der Waals surface area (Å²) in [5, 5.41) is 10.4. The Bertz CT molecular complexity index is 1360. The predicted octanol–water partition coefficient (Wildman–Crippen LogP) is 6.09. The summed E-state index contributed by atoms with van der Waals surface area (Å²) in [6.45, 7) is 0.0608. The lowest BCUT2D eigenvalue weighted by Gasteiger charge is -2.11. The fraction of sp³-hybridized carbons (Fsp3) is 0.0417. The maximum atomic E-state index is 12.7. The van der Waals surface area contributed by atoms with Crippen LogP contribution >= 0.6 is 22.9 Å². The summed E-state index contributed by atoms with van der Waals surface area (Å²) >= 11 is 7.74. The largest absolute Gasteiger partial charge is 0.240 e. The molecule has 4 rings (SSSR count). The molecular weight excluding hydrogens is 448 g/mol. The van der Waals surface area contributed by atoms with Crippen molar-refractivity contribution in [1.82, 2.24) is 4.72 Å². The van der Waals surface area contributed by atoms with Gasteiger partial charge in [-0.25, -0.2) is 13.1 Å². The van der Waals surface area contributed by atoms with E-state index in [9.17, 15) is 13.7 Å². The smallest absolute Gasteiger partial charge is 0.207 e. The molecule has 0 saturated carbocycles. The molecule has 31 heavy (non-hydrogen) atoms. The first-order valence-electron chi connectivity index (χ1n) is 9.42. The summed E-state index contributed by atoms with van der Waals surface area (Å²) < 4.78 is 28.2. The highest BCUT2D eigenvalue weighted by Gasteiger charge is 2.24. The highest BCUT2D eigenvalue weighted by molar-refractivity contribution is 7.89. The van der Waals surface area contributed by atoms with Gasteiger partial charge in [0.2, 0.25) is 10.0 Å². The summed E-state index contributed by atoms with van der Waals surface area (Å²) in [7, 11) is -3.69. The van der Waals surface area contributed by atoms with Crippen LogP contribution in [0.15, 0.2) is 89.8 Å². The molecule has 0 unspecified atom stereocenters. The van der Waals surface area contributed by atoms with Gasteiger partial charge in [-0.2, -0.15) is 5.26 Å². The molecule has 1 aromatic heterocycles. The molecule has 0 aliphatic carbocycles. The second-order valence-electron chi connectivity index (χ2n) is 6.70. The molecule has 4 nitrogen and oxygen atoms in total. The molecule has 0 saturated heterocycles. The number of rotatable bonds is 6. The number of sulfonamides is 1. The minimum absolute atomic E-state index is 0.0608. The molecule has 154 valence electrons. The van der Waals surface area contributed by atoms with E-state index in [4.69, 9.17) is 11.6 Å². The summed E-state index contributed by atoms with van der Waals surface area (Å²) in [5.41, 5.74) is 3.17. The van der Waals surface area contributed by atoms with E-state index in [1.807, 2.05) is 48.5 Å². The maximum Gasteiger partial charge on any atom is 0.240 e. The summed E-state index contributed by atoms with van der Waals surface area (Å²) in [4.78, 5) is 1.43. The van der Waals surface area contributed by atoms with Gasteiger partial charge in [0.15, 0.2) is 0 Å². The minimum Gasteiger partial charge on any atom is -0.207 e. The third-order valence-corrected chi connectivity index (χ3v) is 7.61. The number of nitrogens with zero attached hydrogens (tertiary/aromatic N) is 1. The fourth-order valence-electron chi connectivity index (χ4n) is 3.36. The normalized spacial score (nSPS) is 11.2. The third kappa shape index (κ3) is 4.41. The molecule has 1 N–H and O–H groups in total. The number of hydrogen-bond acceptors (Lipinski definition) is 4. The molecule has 3 aromatic carbocycles. The summed E-state index contributed by atoms with van der Waals surface area (Å²) in [6.07, 6.45) is 0. The maximum absolute atomic E-state index is 12.7. The van der Waals surface area contributed by atoms with Crippen molar-refractivity contribution in [3.05, 3.63) is 99.7 Å². The van der Waals surface area contributed by atoms with E-state index in [1.54, 1.807) is 36.4 Å². The third-order valence-electron chi connectivity index (χ3n) is 4.76. The van der Waals surface area contributed by atoms with Crippen molar-refractivity contribution in [1.29, 1.82) is 5.26 Å². The van der Waals surface area contributed by atoms with Crippen molar-refractivity contribution >= 4 is 33.0 Å². The Morgan fingerprint density at radius 1 is 0.871 bits per heavy atom. The van der Waals surface area contributed by atoms with Crippen LogP contribution in [0.4, 0.5) is 0 Å². The number of benzene rings is 3. The van der Waals surface area contributed by atoms with Crippen molar-refractivity contribution in [2.24, 2.45) is 0 Å². The second kappa shape index (κ2) is 9.04. The van der Waals surface area contributed by atoms with E-state index < -0.39 is 10.0 Å². The van der Waals surface area contributed by atoms with Gasteiger partial charge in [0.25, 0.3) is 0 Å². The molecule has 7 heteroatoms. The zero-order valence-corrected chi connectivity index (χ0v) is 18.6. The van der Waals surface area contributed by atoms with E-state index in [-0.39, 0.29) is 11.4 Å². The molecular formula is C24H17ClN2O2S2. The van der Waals surface area contributed by atoms with E-state index in [1.165, 1.54) is 11.3 Å². The van der Waals surface area contributed by atoms with Crippen molar-refractivity contribution in [2.75, 3.05) is 0 Å². The number of nitriles is 1. The molecule has 0 bridgehead atoms. The molecule has 0 fully saturated rings. The quantitative estimate of drug-likeness (QED) is 0.375. The highest BCUT2D eigenvalue weighted by Crippen LogP contribution is 2.45. The van der Waals surface area contributed by atoms with Gasteiger partial charge >= 0.3 is 0 Å². The number of thiophene rings is 1. The molecule has 0 aliphatic rings. The van der Waals surface area contributed by atoms with Crippen LogP contribution in [0.25, 0.3) is 22.3 Å². The molecule has 0 aliphatic heterocycles. The summed E-state index contributed by atoms with van der Waals surface area (Å²) in [5.74, 6) is 0. The Morgan fingerprint density at radius 2 is 1.48 bits per heavy atom. The van der Waals surface area contributed by atoms with E-state index >= 15 is 0 Å².